The molecule has 0 radical (unpaired) electrons. The number of hydrogen-bond acceptors (Lipinski definition) is 8. The Bertz CT molecular complexity index is 1760. The SMILES string of the molecule is Cc1nn(CCCCCCNc2cccc3c2C(=O)N(C2CCC(=O)NC2=O)C3=O)c(C)c1-c1ncc2ccccc2n1. The molecular formula is C32H33N7O4. The molecule has 4 aromatic rings. The lowest BCUT2D eigenvalue weighted by Crippen LogP contribution is -2.54. The number of aromatic nitrogens is 4. The number of piperidine rings is 1. The lowest BCUT2D eigenvalue weighted by Gasteiger charge is -2.27. The first-order valence-corrected chi connectivity index (χ1v) is 14.7. The maximum Gasteiger partial charge on any atom is 0.264 e. The number of carbonyl (C=O) groups is 4. The van der Waals surface area contributed by atoms with E-state index in [4.69, 9.17) is 10.1 Å². The maximum atomic E-state index is 13.2. The van der Waals surface area contributed by atoms with Crippen LogP contribution in [0.2, 0.25) is 0 Å². The highest BCUT2D eigenvalue weighted by Gasteiger charge is 2.45. The van der Waals surface area contributed by atoms with E-state index in [0.29, 0.717) is 18.1 Å². The molecule has 1 atom stereocenters. The van der Waals surface area contributed by atoms with Crippen molar-refractivity contribution in [2.24, 2.45) is 0 Å². The Labute approximate surface area is 248 Å². The number of aryl methyl sites for hydroxylation is 2. The molecular weight excluding hydrogens is 546 g/mol. The van der Waals surface area contributed by atoms with Gasteiger partial charge in [0.1, 0.15) is 6.04 Å². The van der Waals surface area contributed by atoms with Crippen LogP contribution in [0.3, 0.4) is 0 Å². The first kappa shape index (κ1) is 28.2. The Morgan fingerprint density at radius 2 is 1.74 bits per heavy atom. The molecule has 1 fully saturated rings. The van der Waals surface area contributed by atoms with Crippen molar-refractivity contribution in [2.45, 2.75) is 65.0 Å². The van der Waals surface area contributed by atoms with E-state index in [0.717, 1.165) is 65.0 Å². The highest BCUT2D eigenvalue weighted by atomic mass is 16.2. The van der Waals surface area contributed by atoms with Crippen LogP contribution in [0, 0.1) is 13.8 Å². The lowest BCUT2D eigenvalue weighted by molar-refractivity contribution is -0.136. The van der Waals surface area contributed by atoms with Gasteiger partial charge in [-0.25, -0.2) is 9.97 Å². The summed E-state index contributed by atoms with van der Waals surface area (Å²) in [7, 11) is 0. The summed E-state index contributed by atoms with van der Waals surface area (Å²) in [5.41, 5.74) is 5.00. The number of nitrogens with zero attached hydrogens (tertiary/aromatic N) is 5. The second kappa shape index (κ2) is 11.7. The van der Waals surface area contributed by atoms with E-state index in [1.807, 2.05) is 42.1 Å². The van der Waals surface area contributed by atoms with Crippen LogP contribution >= 0.6 is 0 Å². The molecule has 2 aromatic heterocycles. The monoisotopic (exact) mass is 579 g/mol. The molecule has 2 aliphatic heterocycles. The molecule has 1 saturated heterocycles. The van der Waals surface area contributed by atoms with Crippen LogP contribution in [0.5, 0.6) is 0 Å². The summed E-state index contributed by atoms with van der Waals surface area (Å²) in [4.78, 5) is 60.5. The Balaban J connectivity index is 1.01. The van der Waals surface area contributed by atoms with Gasteiger partial charge in [-0.15, -0.1) is 0 Å². The molecule has 0 aliphatic carbocycles. The van der Waals surface area contributed by atoms with Crippen molar-refractivity contribution in [3.8, 4) is 11.4 Å². The molecule has 11 nitrogen and oxygen atoms in total. The van der Waals surface area contributed by atoms with Gasteiger partial charge in [0.25, 0.3) is 11.8 Å². The van der Waals surface area contributed by atoms with Crippen molar-refractivity contribution in [3.05, 3.63) is 71.2 Å². The number of hydrogen-bond donors (Lipinski definition) is 2. The van der Waals surface area contributed by atoms with Crippen molar-refractivity contribution in [3.63, 3.8) is 0 Å². The largest absolute Gasteiger partial charge is 0.384 e. The van der Waals surface area contributed by atoms with Gasteiger partial charge >= 0.3 is 0 Å². The molecule has 2 aliphatic rings. The molecule has 2 N–H and O–H groups in total. The highest BCUT2D eigenvalue weighted by Crippen LogP contribution is 2.32. The van der Waals surface area contributed by atoms with Crippen molar-refractivity contribution in [1.82, 2.24) is 30.0 Å². The number of amides is 4. The quantitative estimate of drug-likeness (QED) is 0.211. The Kier molecular flexibility index (Phi) is 7.71. The van der Waals surface area contributed by atoms with E-state index in [-0.39, 0.29) is 24.0 Å². The van der Waals surface area contributed by atoms with Gasteiger partial charge in [0, 0.05) is 42.5 Å². The summed E-state index contributed by atoms with van der Waals surface area (Å²) >= 11 is 0. The molecule has 43 heavy (non-hydrogen) atoms. The third kappa shape index (κ3) is 5.38. The smallest absolute Gasteiger partial charge is 0.264 e. The summed E-state index contributed by atoms with van der Waals surface area (Å²) in [6, 6.07) is 12.1. The number of benzene rings is 2. The Hall–Kier alpha value is -4.93. The van der Waals surface area contributed by atoms with Crippen molar-refractivity contribution >= 4 is 40.2 Å². The van der Waals surface area contributed by atoms with Crippen molar-refractivity contribution in [1.29, 1.82) is 0 Å². The maximum absolute atomic E-state index is 13.2. The number of unbranched alkanes of at least 4 members (excludes halogenated alkanes) is 3. The predicted octanol–water partition coefficient (Wildman–Crippen LogP) is 4.18. The van der Waals surface area contributed by atoms with E-state index < -0.39 is 29.7 Å². The van der Waals surface area contributed by atoms with Crippen LogP contribution < -0.4 is 10.6 Å². The highest BCUT2D eigenvalue weighted by molar-refractivity contribution is 6.25. The molecule has 1 unspecified atom stereocenters. The van der Waals surface area contributed by atoms with Gasteiger partial charge in [-0.05, 0) is 51.3 Å². The van der Waals surface area contributed by atoms with Crippen LogP contribution in [-0.4, -0.2) is 60.9 Å². The number of fused-ring (bicyclic) bond motifs is 2. The zero-order valence-electron chi connectivity index (χ0n) is 24.2. The average molecular weight is 580 g/mol. The molecule has 2 aromatic carbocycles. The van der Waals surface area contributed by atoms with Gasteiger partial charge in [0.15, 0.2) is 5.82 Å². The second-order valence-corrected chi connectivity index (χ2v) is 11.0. The Morgan fingerprint density at radius 1 is 0.930 bits per heavy atom. The minimum Gasteiger partial charge on any atom is -0.384 e. The standard InChI is InChI=1S/C32H33N7O4/c1-19-27(29-34-18-21-10-5-6-12-23(21)35-29)20(2)38(37-19)17-8-4-3-7-16-33-24-13-9-11-22-28(24)32(43)39(31(22)42)25-14-15-26(40)36-30(25)41/h5-6,9-13,18,25,33H,3-4,7-8,14-17H2,1-2H3,(H,36,40,41). The van der Waals surface area contributed by atoms with Gasteiger partial charge in [-0.2, -0.15) is 5.10 Å². The first-order chi connectivity index (χ1) is 20.8. The third-order valence-electron chi connectivity index (χ3n) is 8.17. The molecule has 220 valence electrons. The minimum absolute atomic E-state index is 0.0918. The number of para-hydroxylation sites is 1. The van der Waals surface area contributed by atoms with Crippen LogP contribution in [0.4, 0.5) is 5.69 Å². The van der Waals surface area contributed by atoms with Gasteiger partial charge in [-0.3, -0.25) is 34.1 Å². The number of nitrogens with one attached hydrogen (secondary N) is 2. The van der Waals surface area contributed by atoms with E-state index in [1.54, 1.807) is 18.2 Å². The molecule has 6 rings (SSSR count). The molecule has 4 heterocycles. The molecule has 0 spiro atoms. The second-order valence-electron chi connectivity index (χ2n) is 11.0. The Morgan fingerprint density at radius 3 is 2.58 bits per heavy atom. The van der Waals surface area contributed by atoms with Crippen LogP contribution in [0.25, 0.3) is 22.3 Å². The average Bonchev–Trinajstić information content (AvgIpc) is 3.43. The molecule has 0 saturated carbocycles. The fourth-order valence-electron chi connectivity index (χ4n) is 5.96. The number of imide groups is 2. The summed E-state index contributed by atoms with van der Waals surface area (Å²) in [6.07, 6.45) is 5.93. The summed E-state index contributed by atoms with van der Waals surface area (Å²) in [5, 5.41) is 11.3. The van der Waals surface area contributed by atoms with Crippen LogP contribution in [0.1, 0.15) is 70.6 Å². The van der Waals surface area contributed by atoms with Crippen LogP contribution in [0.15, 0.2) is 48.7 Å². The fraction of sp³-hybridized carbons (Fsp3) is 0.344. The van der Waals surface area contributed by atoms with Gasteiger partial charge in [-0.1, -0.05) is 37.1 Å². The van der Waals surface area contributed by atoms with E-state index in [1.165, 1.54) is 0 Å². The number of carbonyl (C=O) groups excluding carboxylic acids is 4. The molecule has 11 heteroatoms. The van der Waals surface area contributed by atoms with E-state index in [9.17, 15) is 19.2 Å². The molecule has 4 amide bonds. The van der Waals surface area contributed by atoms with Crippen LogP contribution in [-0.2, 0) is 16.1 Å². The summed E-state index contributed by atoms with van der Waals surface area (Å²) in [5.74, 6) is -1.32. The third-order valence-corrected chi connectivity index (χ3v) is 8.17. The minimum atomic E-state index is -0.976. The van der Waals surface area contributed by atoms with Gasteiger partial charge in [0.05, 0.1) is 27.9 Å². The topological polar surface area (TPSA) is 139 Å². The zero-order valence-corrected chi connectivity index (χ0v) is 24.2. The van der Waals surface area contributed by atoms with E-state index in [2.05, 4.69) is 22.5 Å². The first-order valence-electron chi connectivity index (χ1n) is 14.7. The normalized spacial score (nSPS) is 16.6. The van der Waals surface area contributed by atoms with E-state index >= 15 is 0 Å². The lowest BCUT2D eigenvalue weighted by atomic mass is 10.0. The van der Waals surface area contributed by atoms with Gasteiger partial charge in [0.2, 0.25) is 11.8 Å². The number of rotatable bonds is 10. The van der Waals surface area contributed by atoms with Gasteiger partial charge < -0.3 is 5.32 Å². The predicted molar refractivity (Wildman–Crippen MR) is 160 cm³/mol. The summed E-state index contributed by atoms with van der Waals surface area (Å²) in [6.45, 7) is 5.49. The molecule has 0 bridgehead atoms. The fourth-order valence-corrected chi connectivity index (χ4v) is 5.96. The van der Waals surface area contributed by atoms with Crippen molar-refractivity contribution in [2.75, 3.05) is 11.9 Å². The zero-order chi connectivity index (χ0) is 30.1. The number of anilines is 1. The van der Waals surface area contributed by atoms with Crippen molar-refractivity contribution < 1.29 is 19.2 Å². The summed E-state index contributed by atoms with van der Waals surface area (Å²) < 4.78 is 2.03.